The second-order valence-corrected chi connectivity index (χ2v) is 5.31. The smallest absolute Gasteiger partial charge is 0.102 e. The van der Waals surface area contributed by atoms with Crippen LogP contribution in [0, 0.1) is 5.92 Å². The molecule has 2 heteroatoms. The Balaban J connectivity index is 1.70. The van der Waals surface area contributed by atoms with E-state index in [0.29, 0.717) is 6.61 Å². The first kappa shape index (κ1) is 13.6. The quantitative estimate of drug-likeness (QED) is 0.714. The third-order valence-electron chi connectivity index (χ3n) is 3.55. The van der Waals surface area contributed by atoms with Crippen LogP contribution in [0.4, 0.5) is 0 Å². The van der Waals surface area contributed by atoms with Crippen molar-refractivity contribution in [3.63, 3.8) is 0 Å². The monoisotopic (exact) mass is 248 g/mol. The van der Waals surface area contributed by atoms with E-state index >= 15 is 0 Å². The lowest BCUT2D eigenvalue weighted by Gasteiger charge is -2.12. The van der Waals surface area contributed by atoms with Gasteiger partial charge in [-0.25, -0.2) is 0 Å². The molecule has 0 radical (unpaired) electrons. The van der Waals surface area contributed by atoms with Crippen LogP contribution in [0.5, 0.6) is 0 Å². The minimum atomic E-state index is -0.486. The number of hydrogen-bond acceptors (Lipinski definition) is 2. The molecule has 1 fully saturated rings. The molecule has 18 heavy (non-hydrogen) atoms. The van der Waals surface area contributed by atoms with E-state index in [9.17, 15) is 5.11 Å². The maximum absolute atomic E-state index is 10.00. The molecule has 1 N–H and O–H groups in total. The Bertz CT molecular complexity index is 341. The van der Waals surface area contributed by atoms with Crippen LogP contribution in [0.25, 0.3) is 0 Å². The fraction of sp³-hybridized carbons (Fsp3) is 0.625. The lowest BCUT2D eigenvalue weighted by molar-refractivity contribution is 0.0336. The minimum absolute atomic E-state index is 0.417. The van der Waals surface area contributed by atoms with Gasteiger partial charge in [0.25, 0.3) is 0 Å². The van der Waals surface area contributed by atoms with Gasteiger partial charge in [-0.1, -0.05) is 50.5 Å². The van der Waals surface area contributed by atoms with Crippen LogP contribution in [-0.2, 0) is 11.2 Å². The highest BCUT2D eigenvalue weighted by atomic mass is 16.5. The van der Waals surface area contributed by atoms with E-state index in [2.05, 4.69) is 19.1 Å². The van der Waals surface area contributed by atoms with Crippen LogP contribution < -0.4 is 0 Å². The average molecular weight is 248 g/mol. The van der Waals surface area contributed by atoms with Crippen molar-refractivity contribution in [1.29, 1.82) is 0 Å². The van der Waals surface area contributed by atoms with Crippen molar-refractivity contribution in [3.8, 4) is 0 Å². The van der Waals surface area contributed by atoms with E-state index in [-0.39, 0.29) is 0 Å². The molecule has 0 aromatic heterocycles. The zero-order valence-electron chi connectivity index (χ0n) is 11.3. The summed E-state index contributed by atoms with van der Waals surface area (Å²) in [5, 5.41) is 10.00. The molecule has 1 aromatic rings. The molecular weight excluding hydrogens is 224 g/mol. The van der Waals surface area contributed by atoms with Crippen molar-refractivity contribution < 1.29 is 9.84 Å². The number of aliphatic hydroxyl groups excluding tert-OH is 1. The molecule has 1 saturated carbocycles. The molecule has 100 valence electrons. The number of ether oxygens (including phenoxy) is 1. The fourth-order valence-electron chi connectivity index (χ4n) is 2.14. The molecule has 0 amide bonds. The molecule has 2 rings (SSSR count). The van der Waals surface area contributed by atoms with Crippen molar-refractivity contribution in [2.24, 2.45) is 5.92 Å². The molecule has 0 heterocycles. The molecule has 1 atom stereocenters. The summed E-state index contributed by atoms with van der Waals surface area (Å²) >= 11 is 0. The number of hydrogen-bond donors (Lipinski definition) is 1. The van der Waals surface area contributed by atoms with Crippen LogP contribution in [0.15, 0.2) is 24.3 Å². The molecule has 1 aliphatic rings. The van der Waals surface area contributed by atoms with Crippen molar-refractivity contribution in [2.75, 3.05) is 13.2 Å². The van der Waals surface area contributed by atoms with Crippen LogP contribution in [-0.4, -0.2) is 18.3 Å². The van der Waals surface area contributed by atoms with Crippen LogP contribution in [0.3, 0.4) is 0 Å². The Kier molecular flexibility index (Phi) is 5.21. The first-order valence-corrected chi connectivity index (χ1v) is 7.14. The summed E-state index contributed by atoms with van der Waals surface area (Å²) in [7, 11) is 0. The van der Waals surface area contributed by atoms with Gasteiger partial charge in [-0.15, -0.1) is 0 Å². The second kappa shape index (κ2) is 6.91. The summed E-state index contributed by atoms with van der Waals surface area (Å²) in [6.45, 7) is 3.38. The van der Waals surface area contributed by atoms with Gasteiger partial charge in [0.15, 0.2) is 0 Å². The third-order valence-corrected chi connectivity index (χ3v) is 3.55. The molecule has 0 bridgehead atoms. The maximum atomic E-state index is 10.00. The highest BCUT2D eigenvalue weighted by Gasteiger charge is 2.20. The number of aryl methyl sites for hydroxylation is 1. The van der Waals surface area contributed by atoms with Gasteiger partial charge in [-0.3, -0.25) is 0 Å². The molecule has 0 aliphatic heterocycles. The topological polar surface area (TPSA) is 29.5 Å². The molecule has 0 saturated heterocycles. The number of benzene rings is 1. The third kappa shape index (κ3) is 4.43. The van der Waals surface area contributed by atoms with Crippen molar-refractivity contribution >= 4 is 0 Å². The summed E-state index contributed by atoms with van der Waals surface area (Å²) in [6.07, 6.45) is 5.66. The van der Waals surface area contributed by atoms with Gasteiger partial charge in [0.1, 0.15) is 6.10 Å². The molecular formula is C16H24O2. The summed E-state index contributed by atoms with van der Waals surface area (Å²) < 4.78 is 5.53. The predicted octanol–water partition coefficient (Wildman–Crippen LogP) is 3.49. The molecule has 1 unspecified atom stereocenters. The Hall–Kier alpha value is -0.860. The standard InChI is InChI=1S/C16H24O2/c1-2-3-13-6-8-15(9-7-13)16(17)12-18-11-10-14-4-5-14/h6-9,14,16-17H,2-5,10-12H2,1H3. The summed E-state index contributed by atoms with van der Waals surface area (Å²) in [4.78, 5) is 0. The van der Waals surface area contributed by atoms with Gasteiger partial charge in [0.2, 0.25) is 0 Å². The van der Waals surface area contributed by atoms with Crippen molar-refractivity contribution in [1.82, 2.24) is 0 Å². The van der Waals surface area contributed by atoms with E-state index in [1.54, 1.807) is 0 Å². The minimum Gasteiger partial charge on any atom is -0.386 e. The van der Waals surface area contributed by atoms with Gasteiger partial charge < -0.3 is 9.84 Å². The normalized spacial score (nSPS) is 16.8. The van der Waals surface area contributed by atoms with E-state index in [4.69, 9.17) is 4.74 Å². The highest BCUT2D eigenvalue weighted by molar-refractivity contribution is 5.24. The largest absolute Gasteiger partial charge is 0.386 e. The Morgan fingerprint density at radius 1 is 1.28 bits per heavy atom. The van der Waals surface area contributed by atoms with Crippen molar-refractivity contribution in [3.05, 3.63) is 35.4 Å². The van der Waals surface area contributed by atoms with Gasteiger partial charge in [-0.05, 0) is 29.9 Å². The first-order valence-electron chi connectivity index (χ1n) is 7.14. The summed E-state index contributed by atoms with van der Waals surface area (Å²) in [5.74, 6) is 0.899. The van der Waals surface area contributed by atoms with Crippen LogP contribution in [0.2, 0.25) is 0 Å². The average Bonchev–Trinajstić information content (AvgIpc) is 3.20. The zero-order valence-corrected chi connectivity index (χ0v) is 11.3. The first-order chi connectivity index (χ1) is 8.79. The van der Waals surface area contributed by atoms with Gasteiger partial charge in [0.05, 0.1) is 6.61 Å². The lowest BCUT2D eigenvalue weighted by Crippen LogP contribution is -2.08. The fourth-order valence-corrected chi connectivity index (χ4v) is 2.14. The van der Waals surface area contributed by atoms with Gasteiger partial charge in [-0.2, -0.15) is 0 Å². The zero-order chi connectivity index (χ0) is 12.8. The number of rotatable bonds is 8. The summed E-state index contributed by atoms with van der Waals surface area (Å²) in [5.41, 5.74) is 2.30. The highest BCUT2D eigenvalue weighted by Crippen LogP contribution is 2.32. The Morgan fingerprint density at radius 3 is 2.61 bits per heavy atom. The Morgan fingerprint density at radius 2 is 2.00 bits per heavy atom. The van der Waals surface area contributed by atoms with Crippen molar-refractivity contribution in [2.45, 2.75) is 45.1 Å². The van der Waals surface area contributed by atoms with E-state index in [1.165, 1.54) is 18.4 Å². The Labute approximate surface area is 110 Å². The number of aliphatic hydroxyl groups is 1. The predicted molar refractivity (Wildman–Crippen MR) is 73.6 cm³/mol. The molecule has 0 spiro atoms. The summed E-state index contributed by atoms with van der Waals surface area (Å²) in [6, 6.07) is 8.23. The second-order valence-electron chi connectivity index (χ2n) is 5.31. The maximum Gasteiger partial charge on any atom is 0.102 e. The molecule has 1 aromatic carbocycles. The van der Waals surface area contributed by atoms with Gasteiger partial charge >= 0.3 is 0 Å². The molecule has 1 aliphatic carbocycles. The lowest BCUT2D eigenvalue weighted by atomic mass is 10.0. The SMILES string of the molecule is CCCc1ccc(C(O)COCCC2CC2)cc1. The van der Waals surface area contributed by atoms with E-state index < -0.39 is 6.10 Å². The van der Waals surface area contributed by atoms with Crippen LogP contribution >= 0.6 is 0 Å². The molecule has 2 nitrogen and oxygen atoms in total. The van der Waals surface area contributed by atoms with E-state index in [0.717, 1.165) is 37.4 Å². The van der Waals surface area contributed by atoms with E-state index in [1.807, 2.05) is 12.1 Å². The van der Waals surface area contributed by atoms with Crippen LogP contribution in [0.1, 0.15) is 49.8 Å². The van der Waals surface area contributed by atoms with Gasteiger partial charge in [0, 0.05) is 6.61 Å².